The van der Waals surface area contributed by atoms with Gasteiger partial charge in [-0.25, -0.2) is 4.79 Å². The fraction of sp³-hybridized carbons (Fsp3) is 0.375. The molecule has 6 heteroatoms. The summed E-state index contributed by atoms with van der Waals surface area (Å²) in [6, 6.07) is 1.99. The van der Waals surface area contributed by atoms with Crippen molar-refractivity contribution in [3.8, 4) is 0 Å². The van der Waals surface area contributed by atoms with Gasteiger partial charge in [0.2, 0.25) is 0 Å². The molecule has 22 heavy (non-hydrogen) atoms. The van der Waals surface area contributed by atoms with E-state index in [0.717, 1.165) is 5.56 Å². The van der Waals surface area contributed by atoms with Gasteiger partial charge in [0.15, 0.2) is 0 Å². The second kappa shape index (κ2) is 6.79. The fourth-order valence-electron chi connectivity index (χ4n) is 2.39. The molecule has 0 saturated heterocycles. The van der Waals surface area contributed by atoms with Gasteiger partial charge in [-0.1, -0.05) is 0 Å². The molecule has 0 fully saturated rings. The van der Waals surface area contributed by atoms with E-state index >= 15 is 0 Å². The first kappa shape index (κ1) is 16.3. The SMILES string of the molecule is CCOC(=O)c1c(C)[nH]c(C(=O)N(C)Cc2ccsc2)c1C. The molecule has 5 nitrogen and oxygen atoms in total. The number of amides is 1. The van der Waals surface area contributed by atoms with E-state index in [-0.39, 0.29) is 5.91 Å². The van der Waals surface area contributed by atoms with Crippen LogP contribution in [0.1, 0.15) is 44.6 Å². The van der Waals surface area contributed by atoms with Gasteiger partial charge >= 0.3 is 5.97 Å². The molecule has 0 spiro atoms. The van der Waals surface area contributed by atoms with Crippen LogP contribution in [0.2, 0.25) is 0 Å². The van der Waals surface area contributed by atoms with Crippen molar-refractivity contribution >= 4 is 23.2 Å². The second-order valence-electron chi connectivity index (χ2n) is 5.14. The van der Waals surface area contributed by atoms with Crippen LogP contribution in [0.5, 0.6) is 0 Å². The largest absolute Gasteiger partial charge is 0.462 e. The molecule has 0 aliphatic rings. The van der Waals surface area contributed by atoms with Crippen molar-refractivity contribution in [3.05, 3.63) is 44.9 Å². The van der Waals surface area contributed by atoms with Gasteiger partial charge in [-0.3, -0.25) is 4.79 Å². The topological polar surface area (TPSA) is 62.4 Å². The molecule has 0 radical (unpaired) electrons. The van der Waals surface area contributed by atoms with Gasteiger partial charge in [0, 0.05) is 19.3 Å². The van der Waals surface area contributed by atoms with Crippen LogP contribution in [0, 0.1) is 13.8 Å². The van der Waals surface area contributed by atoms with E-state index in [1.807, 2.05) is 16.8 Å². The minimum absolute atomic E-state index is 0.137. The van der Waals surface area contributed by atoms with Gasteiger partial charge in [0.05, 0.1) is 12.2 Å². The predicted octanol–water partition coefficient (Wildman–Crippen LogP) is 3.14. The van der Waals surface area contributed by atoms with E-state index in [4.69, 9.17) is 4.74 Å². The minimum Gasteiger partial charge on any atom is -0.462 e. The highest BCUT2D eigenvalue weighted by molar-refractivity contribution is 7.07. The average Bonchev–Trinajstić information content (AvgIpc) is 3.06. The summed E-state index contributed by atoms with van der Waals surface area (Å²) in [5.74, 6) is -0.532. The number of esters is 1. The molecule has 0 unspecified atom stereocenters. The lowest BCUT2D eigenvalue weighted by Crippen LogP contribution is -2.27. The number of hydrogen-bond donors (Lipinski definition) is 1. The van der Waals surface area contributed by atoms with Crippen LogP contribution in [0.3, 0.4) is 0 Å². The number of carbonyl (C=O) groups excluding carboxylic acids is 2. The third-order valence-electron chi connectivity index (χ3n) is 3.48. The highest BCUT2D eigenvalue weighted by atomic mass is 32.1. The zero-order valence-electron chi connectivity index (χ0n) is 13.2. The quantitative estimate of drug-likeness (QED) is 0.861. The Hall–Kier alpha value is -2.08. The monoisotopic (exact) mass is 320 g/mol. The number of carbonyl (C=O) groups is 2. The lowest BCUT2D eigenvalue weighted by atomic mass is 10.1. The summed E-state index contributed by atoms with van der Waals surface area (Å²) in [7, 11) is 1.75. The van der Waals surface area contributed by atoms with Crippen molar-refractivity contribution in [1.29, 1.82) is 0 Å². The smallest absolute Gasteiger partial charge is 0.340 e. The first-order valence-corrected chi connectivity index (χ1v) is 8.02. The van der Waals surface area contributed by atoms with Crippen molar-refractivity contribution in [2.75, 3.05) is 13.7 Å². The number of ether oxygens (including phenoxy) is 1. The van der Waals surface area contributed by atoms with Crippen LogP contribution in [-0.4, -0.2) is 35.4 Å². The maximum Gasteiger partial charge on any atom is 0.340 e. The molecule has 0 aromatic carbocycles. The summed E-state index contributed by atoms with van der Waals surface area (Å²) in [6.07, 6.45) is 0. The minimum atomic E-state index is -0.395. The Balaban J connectivity index is 2.23. The predicted molar refractivity (Wildman–Crippen MR) is 86.3 cm³/mol. The Labute approximate surface area is 133 Å². The number of thiophene rings is 1. The third-order valence-corrected chi connectivity index (χ3v) is 4.21. The Morgan fingerprint density at radius 2 is 2.09 bits per heavy atom. The molecule has 0 bridgehead atoms. The molecule has 1 amide bonds. The van der Waals surface area contributed by atoms with Gasteiger partial charge in [-0.15, -0.1) is 0 Å². The van der Waals surface area contributed by atoms with Gasteiger partial charge < -0.3 is 14.6 Å². The molecule has 118 valence electrons. The molecular formula is C16H20N2O3S. The van der Waals surface area contributed by atoms with Crippen LogP contribution in [0.15, 0.2) is 16.8 Å². The van der Waals surface area contributed by atoms with Crippen LogP contribution in [-0.2, 0) is 11.3 Å². The molecule has 0 aliphatic carbocycles. The molecule has 0 saturated carbocycles. The molecule has 0 atom stereocenters. The summed E-state index contributed by atoms with van der Waals surface area (Å²) in [5, 5.41) is 4.00. The van der Waals surface area contributed by atoms with Crippen molar-refractivity contribution in [3.63, 3.8) is 0 Å². The van der Waals surface area contributed by atoms with Crippen LogP contribution in [0.25, 0.3) is 0 Å². The number of rotatable bonds is 5. The van der Waals surface area contributed by atoms with E-state index < -0.39 is 5.97 Å². The van der Waals surface area contributed by atoms with Gasteiger partial charge in [0.1, 0.15) is 5.69 Å². The van der Waals surface area contributed by atoms with E-state index in [9.17, 15) is 9.59 Å². The highest BCUT2D eigenvalue weighted by Crippen LogP contribution is 2.21. The molecular weight excluding hydrogens is 300 g/mol. The lowest BCUT2D eigenvalue weighted by Gasteiger charge is -2.16. The molecule has 0 aliphatic heterocycles. The van der Waals surface area contributed by atoms with Crippen molar-refractivity contribution in [2.45, 2.75) is 27.3 Å². The van der Waals surface area contributed by atoms with Crippen LogP contribution in [0.4, 0.5) is 0 Å². The maximum atomic E-state index is 12.6. The van der Waals surface area contributed by atoms with Crippen LogP contribution >= 0.6 is 11.3 Å². The van der Waals surface area contributed by atoms with Crippen molar-refractivity contribution in [1.82, 2.24) is 9.88 Å². The number of nitrogens with zero attached hydrogens (tertiary/aromatic N) is 1. The van der Waals surface area contributed by atoms with Crippen LogP contribution < -0.4 is 0 Å². The number of hydrogen-bond acceptors (Lipinski definition) is 4. The summed E-state index contributed by atoms with van der Waals surface area (Å²) in [4.78, 5) is 29.2. The first-order valence-electron chi connectivity index (χ1n) is 7.08. The number of nitrogens with one attached hydrogen (secondary N) is 1. The normalized spacial score (nSPS) is 10.5. The third kappa shape index (κ3) is 3.22. The summed E-state index contributed by atoms with van der Waals surface area (Å²) >= 11 is 1.60. The van der Waals surface area contributed by atoms with Gasteiger partial charge in [-0.05, 0) is 48.7 Å². The maximum absolute atomic E-state index is 12.6. The molecule has 2 aromatic heterocycles. The van der Waals surface area contributed by atoms with E-state index in [2.05, 4.69) is 4.98 Å². The standard InChI is InChI=1S/C16H20N2O3S/c1-5-21-16(20)13-10(2)14(17-11(13)3)15(19)18(4)8-12-6-7-22-9-12/h6-7,9,17H,5,8H2,1-4H3. The number of aromatic nitrogens is 1. The average molecular weight is 320 g/mol. The van der Waals surface area contributed by atoms with Crippen molar-refractivity contribution in [2.24, 2.45) is 0 Å². The summed E-state index contributed by atoms with van der Waals surface area (Å²) < 4.78 is 5.05. The number of aromatic amines is 1. The molecule has 2 aromatic rings. The fourth-order valence-corrected chi connectivity index (χ4v) is 3.05. The number of aryl methyl sites for hydroxylation is 1. The molecule has 1 N–H and O–H groups in total. The first-order chi connectivity index (χ1) is 10.5. The Kier molecular flexibility index (Phi) is 5.03. The summed E-state index contributed by atoms with van der Waals surface area (Å²) in [6.45, 7) is 6.14. The van der Waals surface area contributed by atoms with E-state index in [1.165, 1.54) is 0 Å². The Bertz CT molecular complexity index is 674. The van der Waals surface area contributed by atoms with Gasteiger partial charge in [0.25, 0.3) is 5.91 Å². The number of H-pyrrole nitrogens is 1. The van der Waals surface area contributed by atoms with Crippen molar-refractivity contribution < 1.29 is 14.3 Å². The summed E-state index contributed by atoms with van der Waals surface area (Å²) in [5.41, 5.74) is 3.28. The molecule has 2 rings (SSSR count). The second-order valence-corrected chi connectivity index (χ2v) is 5.92. The Morgan fingerprint density at radius 1 is 1.36 bits per heavy atom. The van der Waals surface area contributed by atoms with E-state index in [0.29, 0.717) is 35.7 Å². The highest BCUT2D eigenvalue weighted by Gasteiger charge is 2.24. The molecule has 2 heterocycles. The Morgan fingerprint density at radius 3 is 2.68 bits per heavy atom. The zero-order chi connectivity index (χ0) is 16.3. The lowest BCUT2D eigenvalue weighted by molar-refractivity contribution is 0.0525. The zero-order valence-corrected chi connectivity index (χ0v) is 14.0. The van der Waals surface area contributed by atoms with E-state index in [1.54, 1.807) is 44.1 Å². The van der Waals surface area contributed by atoms with Gasteiger partial charge in [-0.2, -0.15) is 11.3 Å².